The number of benzene rings is 2. The Morgan fingerprint density at radius 3 is 2.63 bits per heavy atom. The van der Waals surface area contributed by atoms with Gasteiger partial charge >= 0.3 is 0 Å². The van der Waals surface area contributed by atoms with Crippen LogP contribution in [0, 0.1) is 0 Å². The van der Waals surface area contributed by atoms with Gasteiger partial charge in [0.1, 0.15) is 5.75 Å². The lowest BCUT2D eigenvalue weighted by Gasteiger charge is -2.24. The molecule has 2 aromatic heterocycles. The predicted molar refractivity (Wildman–Crippen MR) is 147 cm³/mol. The van der Waals surface area contributed by atoms with E-state index in [1.165, 1.54) is 0 Å². The molecule has 2 saturated heterocycles. The molecule has 2 unspecified atom stereocenters. The topological polar surface area (TPSA) is 102 Å². The Balaban J connectivity index is 1.17. The van der Waals surface area contributed by atoms with Crippen LogP contribution in [0.4, 0.5) is 11.6 Å². The van der Waals surface area contributed by atoms with E-state index in [1.807, 2.05) is 48.7 Å². The van der Waals surface area contributed by atoms with Gasteiger partial charge in [-0.05, 0) is 23.8 Å². The summed E-state index contributed by atoms with van der Waals surface area (Å²) < 4.78 is 17.6. The van der Waals surface area contributed by atoms with Crippen molar-refractivity contribution in [1.29, 1.82) is 0 Å². The molecule has 2 aliphatic rings. The number of aromatic nitrogens is 3. The molecule has 6 rings (SSSR count). The first-order chi connectivity index (χ1) is 18.8. The minimum absolute atomic E-state index is 0.0853. The summed E-state index contributed by atoms with van der Waals surface area (Å²) in [4.78, 5) is 14.0. The van der Waals surface area contributed by atoms with Crippen LogP contribution in [-0.2, 0) is 9.47 Å². The molecule has 2 fully saturated rings. The van der Waals surface area contributed by atoms with E-state index in [9.17, 15) is 0 Å². The standard InChI is InChI=1S/C29H32N6O3/c1-2-21-17-33-29(34-22-6-4-20(5-7-22)27-19-31-12-15-38-27)35-28(21)25(3-1)26-16-23(8-10-32-26)36-13-9-24-18-30-11-14-37-24/h1-8,10,16-17,24,27,30-31H,9,11-15,18-19H2,(H,33,34,35). The highest BCUT2D eigenvalue weighted by molar-refractivity contribution is 5.93. The molecule has 4 aromatic rings. The first kappa shape index (κ1) is 24.7. The zero-order valence-electron chi connectivity index (χ0n) is 21.2. The average Bonchev–Trinajstić information content (AvgIpc) is 2.98. The molecule has 2 aromatic carbocycles. The molecule has 0 radical (unpaired) electrons. The second kappa shape index (κ2) is 11.8. The van der Waals surface area contributed by atoms with E-state index in [2.05, 4.69) is 38.1 Å². The third-order valence-corrected chi connectivity index (χ3v) is 6.80. The minimum atomic E-state index is 0.0853. The summed E-state index contributed by atoms with van der Waals surface area (Å²) in [5, 5.41) is 11.0. The van der Waals surface area contributed by atoms with E-state index >= 15 is 0 Å². The van der Waals surface area contributed by atoms with Gasteiger partial charge in [-0.15, -0.1) is 0 Å². The summed E-state index contributed by atoms with van der Waals surface area (Å²) >= 11 is 0. The van der Waals surface area contributed by atoms with Gasteiger partial charge in [0.05, 0.1) is 43.2 Å². The molecule has 196 valence electrons. The van der Waals surface area contributed by atoms with Crippen molar-refractivity contribution in [2.75, 3.05) is 51.3 Å². The van der Waals surface area contributed by atoms with E-state index in [0.29, 0.717) is 12.6 Å². The minimum Gasteiger partial charge on any atom is -0.493 e. The quantitative estimate of drug-likeness (QED) is 0.325. The highest BCUT2D eigenvalue weighted by Gasteiger charge is 2.16. The SMILES string of the molecule is c1cc(-c2cc(OCCC3CNCCO3)ccn2)c2nc(Nc3ccc(C4CNCCO4)cc3)ncc2c1. The van der Waals surface area contributed by atoms with Gasteiger partial charge in [-0.3, -0.25) is 4.98 Å². The van der Waals surface area contributed by atoms with Crippen LogP contribution in [0.2, 0.25) is 0 Å². The lowest BCUT2D eigenvalue weighted by molar-refractivity contribution is 0.0159. The number of hydrogen-bond acceptors (Lipinski definition) is 9. The van der Waals surface area contributed by atoms with Gasteiger partial charge in [0.15, 0.2) is 0 Å². The van der Waals surface area contributed by atoms with Gasteiger partial charge in [-0.25, -0.2) is 9.97 Å². The van der Waals surface area contributed by atoms with E-state index < -0.39 is 0 Å². The number of rotatable bonds is 8. The predicted octanol–water partition coefficient (Wildman–Crippen LogP) is 3.85. The molecule has 0 saturated carbocycles. The Morgan fingerprint density at radius 1 is 0.947 bits per heavy atom. The second-order valence-electron chi connectivity index (χ2n) is 9.46. The van der Waals surface area contributed by atoms with Crippen LogP contribution in [0.5, 0.6) is 5.75 Å². The average molecular weight is 513 g/mol. The number of nitrogens with zero attached hydrogens (tertiary/aromatic N) is 3. The van der Waals surface area contributed by atoms with Crippen LogP contribution in [0.25, 0.3) is 22.2 Å². The molecular weight excluding hydrogens is 480 g/mol. The summed E-state index contributed by atoms with van der Waals surface area (Å²) in [6, 6.07) is 18.1. The van der Waals surface area contributed by atoms with Gasteiger partial charge in [0, 0.05) is 67.7 Å². The number of para-hydroxylation sites is 1. The van der Waals surface area contributed by atoms with Crippen LogP contribution >= 0.6 is 0 Å². The van der Waals surface area contributed by atoms with Crippen LogP contribution in [0.15, 0.2) is 67.0 Å². The molecule has 0 spiro atoms. The number of hydrogen-bond donors (Lipinski definition) is 3. The summed E-state index contributed by atoms with van der Waals surface area (Å²) in [5.41, 5.74) is 4.63. The Hall–Kier alpha value is -3.63. The summed E-state index contributed by atoms with van der Waals surface area (Å²) in [5.74, 6) is 1.31. The summed E-state index contributed by atoms with van der Waals surface area (Å²) in [6.45, 7) is 5.58. The van der Waals surface area contributed by atoms with Crippen molar-refractivity contribution in [1.82, 2.24) is 25.6 Å². The first-order valence-electron chi connectivity index (χ1n) is 13.2. The normalized spacial score (nSPS) is 19.8. The number of anilines is 2. The van der Waals surface area contributed by atoms with Gasteiger partial charge in [0.25, 0.3) is 0 Å². The summed E-state index contributed by atoms with van der Waals surface area (Å²) in [6.07, 6.45) is 4.73. The van der Waals surface area contributed by atoms with Crippen molar-refractivity contribution in [2.24, 2.45) is 0 Å². The lowest BCUT2D eigenvalue weighted by Crippen LogP contribution is -2.39. The Bertz CT molecular complexity index is 1350. The van der Waals surface area contributed by atoms with Gasteiger partial charge in [0.2, 0.25) is 5.95 Å². The fraction of sp³-hybridized carbons (Fsp3) is 0.345. The fourth-order valence-electron chi connectivity index (χ4n) is 4.77. The molecule has 0 amide bonds. The van der Waals surface area contributed by atoms with E-state index in [4.69, 9.17) is 19.2 Å². The molecule has 2 atom stereocenters. The lowest BCUT2D eigenvalue weighted by atomic mass is 10.1. The van der Waals surface area contributed by atoms with Gasteiger partial charge < -0.3 is 30.2 Å². The largest absolute Gasteiger partial charge is 0.493 e. The monoisotopic (exact) mass is 512 g/mol. The van der Waals surface area contributed by atoms with Crippen molar-refractivity contribution < 1.29 is 14.2 Å². The van der Waals surface area contributed by atoms with Crippen molar-refractivity contribution in [3.8, 4) is 17.0 Å². The zero-order valence-corrected chi connectivity index (χ0v) is 21.2. The Morgan fingerprint density at radius 2 is 1.82 bits per heavy atom. The smallest absolute Gasteiger partial charge is 0.227 e. The summed E-state index contributed by atoms with van der Waals surface area (Å²) in [7, 11) is 0. The fourth-order valence-corrected chi connectivity index (χ4v) is 4.77. The molecular formula is C29H32N6O3. The van der Waals surface area contributed by atoms with Crippen molar-refractivity contribution >= 4 is 22.5 Å². The molecule has 0 bridgehead atoms. The Kier molecular flexibility index (Phi) is 7.69. The van der Waals surface area contributed by atoms with Gasteiger partial charge in [-0.1, -0.05) is 30.3 Å². The van der Waals surface area contributed by atoms with E-state index in [0.717, 1.165) is 85.0 Å². The maximum atomic E-state index is 6.03. The number of fused-ring (bicyclic) bond motifs is 1. The third kappa shape index (κ3) is 5.92. The highest BCUT2D eigenvalue weighted by atomic mass is 16.5. The number of morpholine rings is 2. The van der Waals surface area contributed by atoms with Crippen LogP contribution < -0.4 is 20.7 Å². The van der Waals surface area contributed by atoms with E-state index in [-0.39, 0.29) is 12.2 Å². The number of ether oxygens (including phenoxy) is 3. The number of nitrogens with one attached hydrogen (secondary N) is 3. The molecule has 9 heteroatoms. The number of pyridine rings is 1. The van der Waals surface area contributed by atoms with Crippen LogP contribution in [0.3, 0.4) is 0 Å². The first-order valence-corrected chi connectivity index (χ1v) is 13.2. The molecule has 0 aliphatic carbocycles. The van der Waals surface area contributed by atoms with Crippen molar-refractivity contribution in [3.63, 3.8) is 0 Å². The zero-order chi connectivity index (χ0) is 25.6. The maximum Gasteiger partial charge on any atom is 0.227 e. The maximum absolute atomic E-state index is 6.03. The highest BCUT2D eigenvalue weighted by Crippen LogP contribution is 2.29. The third-order valence-electron chi connectivity index (χ3n) is 6.80. The molecule has 38 heavy (non-hydrogen) atoms. The van der Waals surface area contributed by atoms with Crippen molar-refractivity contribution in [2.45, 2.75) is 18.6 Å². The molecule has 3 N–H and O–H groups in total. The van der Waals surface area contributed by atoms with Crippen LogP contribution in [-0.4, -0.2) is 67.1 Å². The van der Waals surface area contributed by atoms with E-state index in [1.54, 1.807) is 6.20 Å². The van der Waals surface area contributed by atoms with Crippen LogP contribution in [0.1, 0.15) is 18.1 Å². The second-order valence-corrected chi connectivity index (χ2v) is 9.46. The van der Waals surface area contributed by atoms with Crippen molar-refractivity contribution in [3.05, 3.63) is 72.6 Å². The molecule has 9 nitrogen and oxygen atoms in total. The Labute approximate surface area is 222 Å². The molecule has 4 heterocycles. The van der Waals surface area contributed by atoms with Gasteiger partial charge in [-0.2, -0.15) is 0 Å². The molecule has 2 aliphatic heterocycles.